The summed E-state index contributed by atoms with van der Waals surface area (Å²) >= 11 is 0. The molecular weight excluding hydrogens is 220 g/mol. The van der Waals surface area contributed by atoms with Gasteiger partial charge in [-0.1, -0.05) is 12.1 Å². The molecule has 5 nitrogen and oxygen atoms in total. The van der Waals surface area contributed by atoms with Gasteiger partial charge in [-0.2, -0.15) is 0 Å². The van der Waals surface area contributed by atoms with Crippen molar-refractivity contribution in [3.05, 3.63) is 29.3 Å². The van der Waals surface area contributed by atoms with Crippen molar-refractivity contribution < 1.29 is 14.7 Å². The number of carboxylic acids is 1. The molecule has 0 unspecified atom stereocenters. The van der Waals surface area contributed by atoms with E-state index in [4.69, 9.17) is 5.11 Å². The minimum absolute atomic E-state index is 0.0241. The number of nitrogens with one attached hydrogen (secondary N) is 2. The molecule has 0 radical (unpaired) electrons. The second-order valence-corrected chi connectivity index (χ2v) is 4.04. The number of anilines is 1. The van der Waals surface area contributed by atoms with Crippen LogP contribution in [0.5, 0.6) is 0 Å². The monoisotopic (exact) mass is 234 g/mol. The van der Waals surface area contributed by atoms with E-state index in [-0.39, 0.29) is 12.3 Å². The second-order valence-electron chi connectivity index (χ2n) is 4.04. The Morgan fingerprint density at radius 3 is 3.06 bits per heavy atom. The first-order valence-corrected chi connectivity index (χ1v) is 5.49. The molecule has 0 aromatic heterocycles. The molecule has 5 heteroatoms. The van der Waals surface area contributed by atoms with Gasteiger partial charge in [-0.25, -0.2) is 0 Å². The lowest BCUT2D eigenvalue weighted by atomic mass is 10.1. The number of hydrogen-bond acceptors (Lipinski definition) is 3. The fraction of sp³-hybridized carbons (Fsp3) is 0.333. The van der Waals surface area contributed by atoms with E-state index in [0.717, 1.165) is 16.8 Å². The molecule has 90 valence electrons. The Kier molecular flexibility index (Phi) is 3.39. The summed E-state index contributed by atoms with van der Waals surface area (Å²) in [4.78, 5) is 21.5. The summed E-state index contributed by atoms with van der Waals surface area (Å²) in [6, 6.07) is 5.79. The minimum Gasteiger partial charge on any atom is -0.481 e. The van der Waals surface area contributed by atoms with E-state index in [9.17, 15) is 9.59 Å². The number of carbonyl (C=O) groups excluding carboxylic acids is 1. The van der Waals surface area contributed by atoms with E-state index < -0.39 is 5.97 Å². The molecule has 0 spiro atoms. The Hall–Kier alpha value is -1.88. The van der Waals surface area contributed by atoms with Crippen LogP contribution in [0.15, 0.2) is 18.2 Å². The van der Waals surface area contributed by atoms with Crippen LogP contribution in [0.3, 0.4) is 0 Å². The zero-order valence-electron chi connectivity index (χ0n) is 9.32. The second kappa shape index (κ2) is 4.97. The first-order chi connectivity index (χ1) is 8.15. The van der Waals surface area contributed by atoms with Gasteiger partial charge in [0.25, 0.3) is 0 Å². The number of carbonyl (C=O) groups is 2. The van der Waals surface area contributed by atoms with Crippen molar-refractivity contribution in [2.45, 2.75) is 19.4 Å². The summed E-state index contributed by atoms with van der Waals surface area (Å²) in [7, 11) is 0. The van der Waals surface area contributed by atoms with Gasteiger partial charge >= 0.3 is 5.97 Å². The molecule has 0 fully saturated rings. The number of hydrogen-bond donors (Lipinski definition) is 3. The Bertz CT molecular complexity index is 457. The largest absolute Gasteiger partial charge is 0.481 e. The maximum atomic E-state index is 11.2. The van der Waals surface area contributed by atoms with Gasteiger partial charge < -0.3 is 15.7 Å². The van der Waals surface area contributed by atoms with Gasteiger partial charge in [0.05, 0.1) is 12.8 Å². The van der Waals surface area contributed by atoms with E-state index in [1.165, 1.54) is 0 Å². The molecule has 0 atom stereocenters. The zero-order valence-corrected chi connectivity index (χ0v) is 9.32. The molecule has 1 aliphatic heterocycles. The molecule has 1 heterocycles. The molecule has 0 saturated heterocycles. The van der Waals surface area contributed by atoms with Crippen LogP contribution in [0.1, 0.15) is 17.5 Å². The molecule has 1 aromatic carbocycles. The van der Waals surface area contributed by atoms with Crippen LogP contribution < -0.4 is 10.6 Å². The topological polar surface area (TPSA) is 78.4 Å². The van der Waals surface area contributed by atoms with Crippen molar-refractivity contribution >= 4 is 17.6 Å². The lowest BCUT2D eigenvalue weighted by Crippen LogP contribution is -2.17. The molecule has 0 bridgehead atoms. The van der Waals surface area contributed by atoms with Crippen molar-refractivity contribution in [1.82, 2.24) is 5.32 Å². The van der Waals surface area contributed by atoms with Crippen LogP contribution >= 0.6 is 0 Å². The van der Waals surface area contributed by atoms with E-state index in [2.05, 4.69) is 10.6 Å². The van der Waals surface area contributed by atoms with Crippen molar-refractivity contribution in [2.24, 2.45) is 0 Å². The smallest absolute Gasteiger partial charge is 0.304 e. The summed E-state index contributed by atoms with van der Waals surface area (Å²) in [5.74, 6) is -0.780. The molecular formula is C12H14N2O3. The summed E-state index contributed by atoms with van der Waals surface area (Å²) in [5, 5.41) is 14.3. The van der Waals surface area contributed by atoms with Gasteiger partial charge in [0.15, 0.2) is 0 Å². The standard InChI is InChI=1S/C12H14N2O3/c15-11-6-9-5-8(1-2-10(9)14-11)7-13-4-3-12(16)17/h1-2,5,13H,3-4,6-7H2,(H,14,15)(H,16,17). The SMILES string of the molecule is O=C(O)CCNCc1ccc2c(c1)CC(=O)N2. The zero-order chi connectivity index (χ0) is 12.3. The fourth-order valence-corrected chi connectivity index (χ4v) is 1.82. The predicted octanol–water partition coefficient (Wildman–Crippen LogP) is 0.746. The average Bonchev–Trinajstić information content (AvgIpc) is 2.63. The molecule has 17 heavy (non-hydrogen) atoms. The third-order valence-electron chi connectivity index (χ3n) is 2.64. The van der Waals surface area contributed by atoms with E-state index >= 15 is 0 Å². The maximum absolute atomic E-state index is 11.2. The number of benzene rings is 1. The lowest BCUT2D eigenvalue weighted by Gasteiger charge is -2.05. The first-order valence-electron chi connectivity index (χ1n) is 5.49. The number of aliphatic carboxylic acids is 1. The van der Waals surface area contributed by atoms with Crippen molar-refractivity contribution in [2.75, 3.05) is 11.9 Å². The average molecular weight is 234 g/mol. The number of fused-ring (bicyclic) bond motifs is 1. The number of carboxylic acid groups (broad SMARTS) is 1. The Balaban J connectivity index is 1.88. The van der Waals surface area contributed by atoms with Crippen LogP contribution in [0.2, 0.25) is 0 Å². The molecule has 1 aromatic rings. The molecule has 0 aliphatic carbocycles. The van der Waals surface area contributed by atoms with Gasteiger partial charge in [0, 0.05) is 18.8 Å². The van der Waals surface area contributed by atoms with Crippen LogP contribution in [0.4, 0.5) is 5.69 Å². The molecule has 3 N–H and O–H groups in total. The molecule has 2 rings (SSSR count). The van der Waals surface area contributed by atoms with Crippen molar-refractivity contribution in [1.29, 1.82) is 0 Å². The van der Waals surface area contributed by atoms with Crippen LogP contribution in [0.25, 0.3) is 0 Å². The lowest BCUT2D eigenvalue weighted by molar-refractivity contribution is -0.136. The van der Waals surface area contributed by atoms with Crippen molar-refractivity contribution in [3.8, 4) is 0 Å². The van der Waals surface area contributed by atoms with Gasteiger partial charge in [-0.3, -0.25) is 9.59 Å². The summed E-state index contributed by atoms with van der Waals surface area (Å²) in [5.41, 5.74) is 2.95. The Morgan fingerprint density at radius 1 is 1.47 bits per heavy atom. The van der Waals surface area contributed by atoms with Gasteiger partial charge in [-0.15, -0.1) is 0 Å². The van der Waals surface area contributed by atoms with Crippen LogP contribution in [-0.4, -0.2) is 23.5 Å². The number of rotatable bonds is 5. The third kappa shape index (κ3) is 3.04. The van der Waals surface area contributed by atoms with Crippen LogP contribution in [0, 0.1) is 0 Å². The molecule has 0 saturated carbocycles. The summed E-state index contributed by atoms with van der Waals surface area (Å²) in [6.07, 6.45) is 0.545. The van der Waals surface area contributed by atoms with E-state index in [0.29, 0.717) is 19.5 Å². The highest BCUT2D eigenvalue weighted by Gasteiger charge is 2.17. The minimum atomic E-state index is -0.804. The predicted molar refractivity (Wildman–Crippen MR) is 62.7 cm³/mol. The van der Waals surface area contributed by atoms with Gasteiger partial charge in [-0.05, 0) is 17.2 Å². The highest BCUT2D eigenvalue weighted by atomic mass is 16.4. The molecule has 1 aliphatic rings. The molecule has 1 amide bonds. The Labute approximate surface area is 98.8 Å². The summed E-state index contributed by atoms with van der Waals surface area (Å²) < 4.78 is 0. The highest BCUT2D eigenvalue weighted by Crippen LogP contribution is 2.23. The first kappa shape index (κ1) is 11.6. The quantitative estimate of drug-likeness (QED) is 0.657. The van der Waals surface area contributed by atoms with Gasteiger partial charge in [0.1, 0.15) is 0 Å². The van der Waals surface area contributed by atoms with E-state index in [1.807, 2.05) is 18.2 Å². The summed E-state index contributed by atoms with van der Waals surface area (Å²) in [6.45, 7) is 1.07. The third-order valence-corrected chi connectivity index (χ3v) is 2.64. The fourth-order valence-electron chi connectivity index (χ4n) is 1.82. The Morgan fingerprint density at radius 2 is 2.29 bits per heavy atom. The maximum Gasteiger partial charge on any atom is 0.304 e. The number of amides is 1. The van der Waals surface area contributed by atoms with Gasteiger partial charge in [0.2, 0.25) is 5.91 Å². The normalized spacial score (nSPS) is 13.3. The van der Waals surface area contributed by atoms with Crippen LogP contribution in [-0.2, 0) is 22.6 Å². The van der Waals surface area contributed by atoms with Crippen molar-refractivity contribution in [3.63, 3.8) is 0 Å². The highest BCUT2D eigenvalue weighted by molar-refractivity contribution is 5.99. The van der Waals surface area contributed by atoms with E-state index in [1.54, 1.807) is 0 Å².